The minimum Gasteiger partial charge on any atom is -0.484 e. The third-order valence-corrected chi connectivity index (χ3v) is 4.33. The summed E-state index contributed by atoms with van der Waals surface area (Å²) >= 11 is 0. The van der Waals surface area contributed by atoms with Gasteiger partial charge in [-0.15, -0.1) is 0 Å². The van der Waals surface area contributed by atoms with Gasteiger partial charge in [-0.2, -0.15) is 0 Å². The van der Waals surface area contributed by atoms with Crippen LogP contribution >= 0.6 is 0 Å². The highest BCUT2D eigenvalue weighted by molar-refractivity contribution is 5.77. The molecule has 0 aliphatic heterocycles. The molecule has 5 nitrogen and oxygen atoms in total. The lowest BCUT2D eigenvalue weighted by molar-refractivity contribution is -0.123. The number of benzene rings is 1. The lowest BCUT2D eigenvalue weighted by Crippen LogP contribution is -2.51. The topological polar surface area (TPSA) is 67.6 Å². The van der Waals surface area contributed by atoms with Crippen LogP contribution in [0.2, 0.25) is 0 Å². The van der Waals surface area contributed by atoms with E-state index < -0.39 is 0 Å². The van der Waals surface area contributed by atoms with Gasteiger partial charge in [-0.3, -0.25) is 4.79 Å². The standard InChI is InChI=1S/C16H25N3O2/c1-19(2)16(8-3-4-9-16)12-18-15(20)11-21-14-7-5-6-13(17)10-14/h5-7,10H,3-4,8-9,11-12,17H2,1-2H3,(H,18,20). The van der Waals surface area contributed by atoms with Crippen molar-refractivity contribution in [1.82, 2.24) is 10.2 Å². The number of carbonyl (C=O) groups is 1. The molecule has 0 spiro atoms. The minimum absolute atomic E-state index is 0.0208. The van der Waals surface area contributed by atoms with Crippen LogP contribution in [-0.4, -0.2) is 43.6 Å². The number of likely N-dealkylation sites (N-methyl/N-ethyl adjacent to an activating group) is 1. The van der Waals surface area contributed by atoms with Gasteiger partial charge in [0, 0.05) is 23.8 Å². The molecule has 0 unspecified atom stereocenters. The number of nitrogens with one attached hydrogen (secondary N) is 1. The Bertz CT molecular complexity index is 482. The van der Waals surface area contributed by atoms with Crippen molar-refractivity contribution in [3.8, 4) is 5.75 Å². The fraction of sp³-hybridized carbons (Fsp3) is 0.562. The van der Waals surface area contributed by atoms with E-state index in [9.17, 15) is 4.79 Å². The normalized spacial score (nSPS) is 16.9. The van der Waals surface area contributed by atoms with E-state index in [2.05, 4.69) is 24.3 Å². The zero-order valence-electron chi connectivity index (χ0n) is 12.9. The van der Waals surface area contributed by atoms with Gasteiger partial charge in [-0.05, 0) is 39.1 Å². The Labute approximate surface area is 126 Å². The van der Waals surface area contributed by atoms with Crippen molar-refractivity contribution in [3.63, 3.8) is 0 Å². The number of ether oxygens (including phenoxy) is 1. The summed E-state index contributed by atoms with van der Waals surface area (Å²) in [5.74, 6) is 0.527. The SMILES string of the molecule is CN(C)C1(CNC(=O)COc2cccc(N)c2)CCCC1. The molecule has 5 heteroatoms. The van der Waals surface area contributed by atoms with Crippen LogP contribution in [-0.2, 0) is 4.79 Å². The molecule has 1 aliphatic carbocycles. The molecule has 0 aromatic heterocycles. The van der Waals surface area contributed by atoms with Gasteiger partial charge in [0.25, 0.3) is 5.91 Å². The average molecular weight is 291 g/mol. The number of hydrogen-bond acceptors (Lipinski definition) is 4. The molecule has 1 amide bonds. The number of nitrogens with zero attached hydrogens (tertiary/aromatic N) is 1. The van der Waals surface area contributed by atoms with E-state index >= 15 is 0 Å². The molecule has 116 valence electrons. The number of anilines is 1. The van der Waals surface area contributed by atoms with Crippen LogP contribution in [0.15, 0.2) is 24.3 Å². The summed E-state index contributed by atoms with van der Waals surface area (Å²) in [6.45, 7) is 0.700. The number of carbonyl (C=O) groups excluding carboxylic acids is 1. The zero-order valence-corrected chi connectivity index (χ0v) is 12.9. The molecule has 1 aliphatic rings. The van der Waals surface area contributed by atoms with Crippen molar-refractivity contribution in [2.24, 2.45) is 0 Å². The van der Waals surface area contributed by atoms with E-state index in [0.29, 0.717) is 18.0 Å². The van der Waals surface area contributed by atoms with Crippen LogP contribution in [0.4, 0.5) is 5.69 Å². The molecule has 21 heavy (non-hydrogen) atoms. The lowest BCUT2D eigenvalue weighted by Gasteiger charge is -2.36. The van der Waals surface area contributed by atoms with Crippen LogP contribution in [0, 0.1) is 0 Å². The van der Waals surface area contributed by atoms with E-state index in [1.165, 1.54) is 12.8 Å². The van der Waals surface area contributed by atoms with Gasteiger partial charge in [-0.25, -0.2) is 0 Å². The summed E-state index contributed by atoms with van der Waals surface area (Å²) in [7, 11) is 4.17. The largest absolute Gasteiger partial charge is 0.484 e. The molecular weight excluding hydrogens is 266 g/mol. The maximum atomic E-state index is 11.9. The minimum atomic E-state index is -0.0921. The molecule has 1 aromatic rings. The van der Waals surface area contributed by atoms with E-state index in [1.54, 1.807) is 18.2 Å². The van der Waals surface area contributed by atoms with E-state index in [-0.39, 0.29) is 18.1 Å². The molecule has 0 radical (unpaired) electrons. The van der Waals surface area contributed by atoms with Crippen LogP contribution in [0.25, 0.3) is 0 Å². The predicted octanol–water partition coefficient (Wildman–Crippen LogP) is 1.64. The summed E-state index contributed by atoms with van der Waals surface area (Å²) in [4.78, 5) is 14.2. The van der Waals surface area contributed by atoms with Gasteiger partial charge in [0.2, 0.25) is 0 Å². The molecule has 1 saturated carbocycles. The Balaban J connectivity index is 1.79. The van der Waals surface area contributed by atoms with Gasteiger partial charge < -0.3 is 20.7 Å². The number of rotatable bonds is 6. The highest BCUT2D eigenvalue weighted by atomic mass is 16.5. The Morgan fingerprint density at radius 1 is 1.38 bits per heavy atom. The summed E-state index contributed by atoms with van der Waals surface area (Å²) in [5.41, 5.74) is 6.40. The third kappa shape index (κ3) is 4.11. The molecule has 3 N–H and O–H groups in total. The van der Waals surface area contributed by atoms with Crippen LogP contribution < -0.4 is 15.8 Å². The molecule has 0 bridgehead atoms. The first-order valence-electron chi connectivity index (χ1n) is 7.44. The fourth-order valence-corrected chi connectivity index (χ4v) is 2.88. The Hall–Kier alpha value is -1.75. The number of nitrogens with two attached hydrogens (primary N) is 1. The van der Waals surface area contributed by atoms with Gasteiger partial charge >= 0.3 is 0 Å². The highest BCUT2D eigenvalue weighted by Crippen LogP contribution is 2.33. The van der Waals surface area contributed by atoms with Gasteiger partial charge in [0.15, 0.2) is 6.61 Å². The van der Waals surface area contributed by atoms with Crippen molar-refractivity contribution in [2.75, 3.05) is 33.0 Å². The second-order valence-corrected chi connectivity index (χ2v) is 5.96. The second kappa shape index (κ2) is 6.80. The molecule has 1 aromatic carbocycles. The number of hydrogen-bond donors (Lipinski definition) is 2. The van der Waals surface area contributed by atoms with Crippen LogP contribution in [0.5, 0.6) is 5.75 Å². The molecule has 1 fully saturated rings. The quantitative estimate of drug-likeness (QED) is 0.782. The van der Waals surface area contributed by atoms with Gasteiger partial charge in [-0.1, -0.05) is 18.9 Å². The monoisotopic (exact) mass is 291 g/mol. The maximum absolute atomic E-state index is 11.9. The van der Waals surface area contributed by atoms with Gasteiger partial charge in [0.05, 0.1) is 0 Å². The Morgan fingerprint density at radius 2 is 2.10 bits per heavy atom. The van der Waals surface area contributed by atoms with Crippen molar-refractivity contribution >= 4 is 11.6 Å². The Morgan fingerprint density at radius 3 is 2.71 bits per heavy atom. The van der Waals surface area contributed by atoms with E-state index in [0.717, 1.165) is 12.8 Å². The predicted molar refractivity (Wildman–Crippen MR) is 84.2 cm³/mol. The third-order valence-electron chi connectivity index (χ3n) is 4.33. The summed E-state index contributed by atoms with van der Waals surface area (Å²) in [6.07, 6.45) is 4.73. The van der Waals surface area contributed by atoms with Crippen molar-refractivity contribution in [3.05, 3.63) is 24.3 Å². The molecule has 2 rings (SSSR count). The fourth-order valence-electron chi connectivity index (χ4n) is 2.88. The van der Waals surface area contributed by atoms with Crippen LogP contribution in [0.3, 0.4) is 0 Å². The maximum Gasteiger partial charge on any atom is 0.258 e. The van der Waals surface area contributed by atoms with Gasteiger partial charge in [0.1, 0.15) is 5.75 Å². The first-order valence-corrected chi connectivity index (χ1v) is 7.44. The molecule has 0 atom stereocenters. The van der Waals surface area contributed by atoms with E-state index in [1.807, 2.05) is 6.07 Å². The highest BCUT2D eigenvalue weighted by Gasteiger charge is 2.36. The van der Waals surface area contributed by atoms with Crippen molar-refractivity contribution < 1.29 is 9.53 Å². The first kappa shape index (κ1) is 15.6. The zero-order chi connectivity index (χ0) is 15.3. The summed E-state index contributed by atoms with van der Waals surface area (Å²) in [6, 6.07) is 7.10. The van der Waals surface area contributed by atoms with E-state index in [4.69, 9.17) is 10.5 Å². The first-order chi connectivity index (χ1) is 10.0. The molecular formula is C16H25N3O2. The van der Waals surface area contributed by atoms with Crippen molar-refractivity contribution in [2.45, 2.75) is 31.2 Å². The number of nitrogen functional groups attached to an aromatic ring is 1. The smallest absolute Gasteiger partial charge is 0.258 e. The molecule has 0 heterocycles. The second-order valence-electron chi connectivity index (χ2n) is 5.96. The Kier molecular flexibility index (Phi) is 5.07. The molecule has 0 saturated heterocycles. The summed E-state index contributed by atoms with van der Waals surface area (Å²) < 4.78 is 5.45. The van der Waals surface area contributed by atoms with Crippen molar-refractivity contribution in [1.29, 1.82) is 0 Å². The average Bonchev–Trinajstić information content (AvgIpc) is 2.93. The lowest BCUT2D eigenvalue weighted by atomic mass is 9.96. The summed E-state index contributed by atoms with van der Waals surface area (Å²) in [5, 5.41) is 2.99. The van der Waals surface area contributed by atoms with Crippen LogP contribution in [0.1, 0.15) is 25.7 Å². The number of amides is 1.